The molecule has 128 valence electrons. The molecule has 0 aliphatic rings. The summed E-state index contributed by atoms with van der Waals surface area (Å²) in [5.41, 5.74) is 2.72. The van der Waals surface area contributed by atoms with Crippen LogP contribution in [0.3, 0.4) is 0 Å². The van der Waals surface area contributed by atoms with Crippen molar-refractivity contribution in [3.8, 4) is 5.75 Å². The van der Waals surface area contributed by atoms with E-state index in [-0.39, 0.29) is 18.0 Å². The SMILES string of the molecule is COc1cc(Cl)c(C)cc1NC(=O)[C@@H](C)[NH2+][C@@H](C)c1ccccc1. The molecule has 0 fully saturated rings. The molecule has 3 N–H and O–H groups in total. The number of halogens is 1. The van der Waals surface area contributed by atoms with Gasteiger partial charge >= 0.3 is 0 Å². The molecule has 0 aromatic heterocycles. The summed E-state index contributed by atoms with van der Waals surface area (Å²) in [5.74, 6) is 0.486. The minimum absolute atomic E-state index is 0.0715. The van der Waals surface area contributed by atoms with E-state index in [9.17, 15) is 4.79 Å². The second-order valence-corrected chi connectivity index (χ2v) is 6.38. The fraction of sp³-hybridized carbons (Fsp3) is 0.316. The summed E-state index contributed by atoms with van der Waals surface area (Å²) in [7, 11) is 1.56. The van der Waals surface area contributed by atoms with Crippen molar-refractivity contribution in [2.24, 2.45) is 0 Å². The second-order valence-electron chi connectivity index (χ2n) is 5.97. The van der Waals surface area contributed by atoms with Gasteiger partial charge < -0.3 is 15.4 Å². The Morgan fingerprint density at radius 3 is 2.50 bits per heavy atom. The number of hydrogen-bond donors (Lipinski definition) is 2. The van der Waals surface area contributed by atoms with E-state index in [4.69, 9.17) is 16.3 Å². The lowest BCUT2D eigenvalue weighted by molar-refractivity contribution is -0.709. The van der Waals surface area contributed by atoms with E-state index in [2.05, 4.69) is 24.4 Å². The lowest BCUT2D eigenvalue weighted by Gasteiger charge is -2.18. The molecule has 0 heterocycles. The van der Waals surface area contributed by atoms with Gasteiger partial charge in [-0.3, -0.25) is 4.79 Å². The van der Waals surface area contributed by atoms with Crippen molar-refractivity contribution in [1.82, 2.24) is 0 Å². The third kappa shape index (κ3) is 4.49. The van der Waals surface area contributed by atoms with Gasteiger partial charge in [-0.1, -0.05) is 41.9 Å². The maximum atomic E-state index is 12.5. The Balaban J connectivity index is 2.05. The molecular formula is C19H24ClN2O2+. The van der Waals surface area contributed by atoms with E-state index in [0.29, 0.717) is 16.5 Å². The molecule has 4 nitrogen and oxygen atoms in total. The summed E-state index contributed by atoms with van der Waals surface area (Å²) in [4.78, 5) is 12.5. The monoisotopic (exact) mass is 347 g/mol. The van der Waals surface area contributed by atoms with Crippen LogP contribution in [0.25, 0.3) is 0 Å². The molecule has 0 bridgehead atoms. The number of rotatable bonds is 6. The predicted octanol–water partition coefficient (Wildman–Crippen LogP) is 3.31. The lowest BCUT2D eigenvalue weighted by atomic mass is 10.1. The minimum atomic E-state index is -0.235. The predicted molar refractivity (Wildman–Crippen MR) is 97.6 cm³/mol. The first kappa shape index (κ1) is 18.3. The Morgan fingerprint density at radius 1 is 1.21 bits per heavy atom. The second kappa shape index (κ2) is 8.18. The number of amides is 1. The Labute approximate surface area is 148 Å². The summed E-state index contributed by atoms with van der Waals surface area (Å²) < 4.78 is 5.30. The van der Waals surface area contributed by atoms with E-state index in [0.717, 1.165) is 5.56 Å². The van der Waals surface area contributed by atoms with Gasteiger partial charge in [0.05, 0.1) is 12.8 Å². The number of quaternary nitrogens is 1. The fourth-order valence-electron chi connectivity index (χ4n) is 2.56. The molecule has 0 spiro atoms. The van der Waals surface area contributed by atoms with E-state index in [1.165, 1.54) is 5.56 Å². The van der Waals surface area contributed by atoms with Crippen LogP contribution in [-0.4, -0.2) is 19.1 Å². The molecule has 0 aliphatic heterocycles. The molecular weight excluding hydrogens is 324 g/mol. The Bertz CT molecular complexity index is 704. The van der Waals surface area contributed by atoms with E-state index >= 15 is 0 Å². The summed E-state index contributed by atoms with van der Waals surface area (Å²) in [6, 6.07) is 13.6. The van der Waals surface area contributed by atoms with Gasteiger partial charge in [0.1, 0.15) is 11.8 Å². The third-order valence-corrected chi connectivity index (χ3v) is 4.46. The summed E-state index contributed by atoms with van der Waals surface area (Å²) in [5, 5.41) is 5.59. The molecule has 0 saturated heterocycles. The molecule has 2 aromatic rings. The highest BCUT2D eigenvalue weighted by Gasteiger charge is 2.21. The van der Waals surface area contributed by atoms with Crippen LogP contribution in [0.15, 0.2) is 42.5 Å². The zero-order chi connectivity index (χ0) is 17.7. The maximum Gasteiger partial charge on any atom is 0.282 e. The van der Waals surface area contributed by atoms with Gasteiger partial charge in [-0.2, -0.15) is 0 Å². The van der Waals surface area contributed by atoms with Gasteiger partial charge in [-0.15, -0.1) is 0 Å². The first-order valence-electron chi connectivity index (χ1n) is 7.97. The third-order valence-electron chi connectivity index (χ3n) is 4.05. The van der Waals surface area contributed by atoms with Gasteiger partial charge in [0, 0.05) is 16.7 Å². The van der Waals surface area contributed by atoms with Gasteiger partial charge in [0.15, 0.2) is 6.04 Å². The highest BCUT2D eigenvalue weighted by Crippen LogP contribution is 2.30. The number of ether oxygens (including phenoxy) is 1. The van der Waals surface area contributed by atoms with Crippen LogP contribution in [-0.2, 0) is 4.79 Å². The number of hydrogen-bond acceptors (Lipinski definition) is 2. The first-order chi connectivity index (χ1) is 11.4. The van der Waals surface area contributed by atoms with Crippen LogP contribution in [0, 0.1) is 6.92 Å². The molecule has 0 aliphatic carbocycles. The average molecular weight is 348 g/mol. The van der Waals surface area contributed by atoms with Crippen molar-refractivity contribution in [2.45, 2.75) is 32.9 Å². The topological polar surface area (TPSA) is 54.9 Å². The van der Waals surface area contributed by atoms with Gasteiger partial charge in [-0.05, 0) is 32.4 Å². The highest BCUT2D eigenvalue weighted by molar-refractivity contribution is 6.31. The van der Waals surface area contributed by atoms with E-state index < -0.39 is 0 Å². The van der Waals surface area contributed by atoms with Gasteiger partial charge in [-0.25, -0.2) is 0 Å². The van der Waals surface area contributed by atoms with Crippen molar-refractivity contribution in [2.75, 3.05) is 12.4 Å². The molecule has 2 atom stereocenters. The molecule has 2 aromatic carbocycles. The number of carbonyl (C=O) groups excluding carboxylic acids is 1. The van der Waals surface area contributed by atoms with Crippen LogP contribution in [0.2, 0.25) is 5.02 Å². The number of nitrogens with two attached hydrogens (primary N) is 1. The number of anilines is 1. The summed E-state index contributed by atoms with van der Waals surface area (Å²) in [6.07, 6.45) is 0. The van der Waals surface area contributed by atoms with E-state index in [1.807, 2.05) is 43.4 Å². The standard InChI is InChI=1S/C19H23ClN2O2/c1-12-10-17(18(24-4)11-16(12)20)22-19(23)14(3)21-13(2)15-8-6-5-7-9-15/h5-11,13-14,21H,1-4H3,(H,22,23)/p+1/t13-,14+/m0/s1. The Morgan fingerprint density at radius 2 is 1.88 bits per heavy atom. The molecule has 0 unspecified atom stereocenters. The molecule has 0 saturated carbocycles. The number of carbonyl (C=O) groups is 1. The van der Waals surface area contributed by atoms with Crippen molar-refractivity contribution in [3.63, 3.8) is 0 Å². The maximum absolute atomic E-state index is 12.5. The summed E-state index contributed by atoms with van der Waals surface area (Å²) in [6.45, 7) is 5.88. The smallest absolute Gasteiger partial charge is 0.282 e. The van der Waals surface area contributed by atoms with Crippen LogP contribution in [0.4, 0.5) is 5.69 Å². The fourth-order valence-corrected chi connectivity index (χ4v) is 2.72. The normalized spacial score (nSPS) is 13.2. The Hall–Kier alpha value is -2.04. The van der Waals surface area contributed by atoms with Crippen molar-refractivity contribution < 1.29 is 14.8 Å². The number of nitrogens with one attached hydrogen (secondary N) is 1. The van der Waals surface area contributed by atoms with Gasteiger partial charge in [0.25, 0.3) is 5.91 Å². The number of aryl methyl sites for hydroxylation is 1. The van der Waals surface area contributed by atoms with E-state index in [1.54, 1.807) is 13.2 Å². The lowest BCUT2D eigenvalue weighted by Crippen LogP contribution is -2.91. The first-order valence-corrected chi connectivity index (χ1v) is 8.35. The molecule has 2 rings (SSSR count). The van der Waals surface area contributed by atoms with Crippen LogP contribution in [0.5, 0.6) is 5.75 Å². The van der Waals surface area contributed by atoms with Crippen LogP contribution >= 0.6 is 11.6 Å². The number of methoxy groups -OCH3 is 1. The Kier molecular flexibility index (Phi) is 6.23. The number of benzene rings is 2. The molecule has 0 radical (unpaired) electrons. The average Bonchev–Trinajstić information content (AvgIpc) is 2.58. The molecule has 1 amide bonds. The van der Waals surface area contributed by atoms with Crippen LogP contribution < -0.4 is 15.4 Å². The summed E-state index contributed by atoms with van der Waals surface area (Å²) >= 11 is 6.10. The highest BCUT2D eigenvalue weighted by atomic mass is 35.5. The largest absolute Gasteiger partial charge is 0.495 e. The van der Waals surface area contributed by atoms with Gasteiger partial charge in [0.2, 0.25) is 0 Å². The van der Waals surface area contributed by atoms with Crippen molar-refractivity contribution >= 4 is 23.2 Å². The molecule has 24 heavy (non-hydrogen) atoms. The quantitative estimate of drug-likeness (QED) is 0.842. The zero-order valence-corrected chi connectivity index (χ0v) is 15.2. The van der Waals surface area contributed by atoms with Crippen LogP contribution in [0.1, 0.15) is 31.0 Å². The zero-order valence-electron chi connectivity index (χ0n) is 14.5. The van der Waals surface area contributed by atoms with Crippen molar-refractivity contribution in [3.05, 3.63) is 58.6 Å². The van der Waals surface area contributed by atoms with Crippen molar-refractivity contribution in [1.29, 1.82) is 0 Å². The minimum Gasteiger partial charge on any atom is -0.495 e. The molecule has 5 heteroatoms.